The molecule has 1 heterocycles. The molecule has 22 heavy (non-hydrogen) atoms. The summed E-state index contributed by atoms with van der Waals surface area (Å²) in [7, 11) is 0. The number of hydrogen-bond acceptors (Lipinski definition) is 2. The lowest BCUT2D eigenvalue weighted by molar-refractivity contribution is 0.572. The first-order valence-corrected chi connectivity index (χ1v) is 7.10. The Kier molecular flexibility index (Phi) is 3.89. The van der Waals surface area contributed by atoms with Gasteiger partial charge in [0, 0.05) is 5.56 Å². The lowest BCUT2D eigenvalue weighted by atomic mass is 10.1. The smallest absolute Gasteiger partial charge is 0.134 e. The molecule has 0 bridgehead atoms. The minimum atomic E-state index is 0.588. The van der Waals surface area contributed by atoms with Gasteiger partial charge in [-0.1, -0.05) is 60.2 Å². The van der Waals surface area contributed by atoms with Crippen molar-refractivity contribution in [3.8, 4) is 17.4 Å². The molecule has 0 saturated heterocycles. The number of allylic oxidation sites excluding steroid dienone is 1. The number of nitrogens with zero attached hydrogens (tertiary/aromatic N) is 1. The fourth-order valence-corrected chi connectivity index (χ4v) is 2.24. The topological polar surface area (TPSA) is 36.9 Å². The van der Waals surface area contributed by atoms with Gasteiger partial charge in [0.2, 0.25) is 0 Å². The van der Waals surface area contributed by atoms with Gasteiger partial charge in [-0.2, -0.15) is 5.26 Å². The highest BCUT2D eigenvalue weighted by molar-refractivity contribution is 5.88. The van der Waals surface area contributed by atoms with Crippen LogP contribution in [0, 0.1) is 18.3 Å². The number of nitriles is 1. The second-order valence-corrected chi connectivity index (χ2v) is 5.10. The van der Waals surface area contributed by atoms with Crippen molar-refractivity contribution in [2.45, 2.75) is 6.92 Å². The van der Waals surface area contributed by atoms with Crippen molar-refractivity contribution in [3.05, 3.63) is 83.6 Å². The maximum absolute atomic E-state index is 9.34. The molecule has 0 radical (unpaired) electrons. The van der Waals surface area contributed by atoms with E-state index in [2.05, 4.69) is 25.1 Å². The third kappa shape index (κ3) is 2.99. The van der Waals surface area contributed by atoms with Crippen molar-refractivity contribution >= 4 is 11.6 Å². The molecule has 0 spiro atoms. The summed E-state index contributed by atoms with van der Waals surface area (Å²) in [5.41, 5.74) is 3.72. The first kappa shape index (κ1) is 13.9. The van der Waals surface area contributed by atoms with Crippen molar-refractivity contribution in [1.29, 1.82) is 5.26 Å². The van der Waals surface area contributed by atoms with E-state index < -0.39 is 0 Å². The van der Waals surface area contributed by atoms with Crippen LogP contribution < -0.4 is 0 Å². The zero-order chi connectivity index (χ0) is 15.4. The fraction of sp³-hybridized carbons (Fsp3) is 0.0500. The summed E-state index contributed by atoms with van der Waals surface area (Å²) in [5, 5.41) is 9.34. The molecule has 0 saturated carbocycles. The quantitative estimate of drug-likeness (QED) is 0.611. The minimum absolute atomic E-state index is 0.588. The van der Waals surface area contributed by atoms with E-state index in [-0.39, 0.29) is 0 Å². The van der Waals surface area contributed by atoms with Gasteiger partial charge in [-0.15, -0.1) is 0 Å². The molecule has 0 aliphatic carbocycles. The van der Waals surface area contributed by atoms with Crippen LogP contribution in [0.4, 0.5) is 0 Å². The molecule has 0 N–H and O–H groups in total. The Bertz CT molecular complexity index is 833. The Labute approximate surface area is 130 Å². The van der Waals surface area contributed by atoms with Crippen LogP contribution in [0.25, 0.3) is 23.0 Å². The molecule has 2 nitrogen and oxygen atoms in total. The Balaban J connectivity index is 1.92. The molecule has 0 unspecified atom stereocenters. The van der Waals surface area contributed by atoms with Gasteiger partial charge in [0.1, 0.15) is 11.5 Å². The molecule has 3 aromatic rings. The lowest BCUT2D eigenvalue weighted by Crippen LogP contribution is -1.79. The highest BCUT2D eigenvalue weighted by atomic mass is 16.3. The predicted octanol–water partition coefficient (Wildman–Crippen LogP) is 5.32. The van der Waals surface area contributed by atoms with Gasteiger partial charge >= 0.3 is 0 Å². The number of aryl methyl sites for hydroxylation is 1. The first-order valence-electron chi connectivity index (χ1n) is 7.10. The van der Waals surface area contributed by atoms with Gasteiger partial charge in [0.05, 0.1) is 11.6 Å². The Morgan fingerprint density at radius 1 is 0.955 bits per heavy atom. The molecule has 0 atom stereocenters. The maximum Gasteiger partial charge on any atom is 0.134 e. The van der Waals surface area contributed by atoms with Gasteiger partial charge in [-0.3, -0.25) is 0 Å². The molecule has 3 rings (SSSR count). The zero-order valence-electron chi connectivity index (χ0n) is 12.3. The van der Waals surface area contributed by atoms with E-state index >= 15 is 0 Å². The van der Waals surface area contributed by atoms with Gasteiger partial charge in [0.15, 0.2) is 0 Å². The summed E-state index contributed by atoms with van der Waals surface area (Å²) < 4.78 is 5.84. The molecule has 0 aliphatic rings. The summed E-state index contributed by atoms with van der Waals surface area (Å²) in [6, 6.07) is 23.8. The SMILES string of the molecule is Cc1ccc(-c2ccc(C=C(C#N)c3ccccc3)o2)cc1. The fourth-order valence-electron chi connectivity index (χ4n) is 2.24. The first-order chi connectivity index (χ1) is 10.8. The summed E-state index contributed by atoms with van der Waals surface area (Å²) in [5.74, 6) is 1.48. The molecule has 1 aromatic heterocycles. The van der Waals surface area contributed by atoms with E-state index in [0.717, 1.165) is 16.9 Å². The van der Waals surface area contributed by atoms with Crippen LogP contribution in [0.15, 0.2) is 71.1 Å². The predicted molar refractivity (Wildman–Crippen MR) is 88.8 cm³/mol. The second-order valence-electron chi connectivity index (χ2n) is 5.10. The van der Waals surface area contributed by atoms with E-state index in [0.29, 0.717) is 11.3 Å². The van der Waals surface area contributed by atoms with Crippen molar-refractivity contribution in [2.75, 3.05) is 0 Å². The number of rotatable bonds is 3. The molecular weight excluding hydrogens is 270 g/mol. The van der Waals surface area contributed by atoms with E-state index in [1.807, 2.05) is 54.6 Å². The van der Waals surface area contributed by atoms with Crippen LogP contribution >= 0.6 is 0 Å². The van der Waals surface area contributed by atoms with Crippen molar-refractivity contribution < 1.29 is 4.42 Å². The molecule has 2 heteroatoms. The Hall–Kier alpha value is -3.05. The molecule has 0 aliphatic heterocycles. The summed E-state index contributed by atoms with van der Waals surface area (Å²) in [4.78, 5) is 0. The third-order valence-corrected chi connectivity index (χ3v) is 3.45. The van der Waals surface area contributed by atoms with Crippen LogP contribution in [0.3, 0.4) is 0 Å². The van der Waals surface area contributed by atoms with Crippen molar-refractivity contribution in [1.82, 2.24) is 0 Å². The van der Waals surface area contributed by atoms with Crippen LogP contribution in [0.1, 0.15) is 16.9 Å². The average molecular weight is 285 g/mol. The third-order valence-electron chi connectivity index (χ3n) is 3.45. The molecule has 0 fully saturated rings. The van der Waals surface area contributed by atoms with E-state index in [4.69, 9.17) is 4.42 Å². The largest absolute Gasteiger partial charge is 0.457 e. The zero-order valence-corrected chi connectivity index (χ0v) is 12.3. The van der Waals surface area contributed by atoms with Crippen molar-refractivity contribution in [2.24, 2.45) is 0 Å². The van der Waals surface area contributed by atoms with Crippen LogP contribution in [0.2, 0.25) is 0 Å². The normalized spacial score (nSPS) is 11.2. The standard InChI is InChI=1S/C20H15NO/c1-15-7-9-17(10-8-15)20-12-11-19(22-20)13-18(14-21)16-5-3-2-4-6-16/h2-13H,1H3. The van der Waals surface area contributed by atoms with Gasteiger partial charge in [0.25, 0.3) is 0 Å². The second kappa shape index (κ2) is 6.15. The average Bonchev–Trinajstić information content (AvgIpc) is 3.03. The summed E-state index contributed by atoms with van der Waals surface area (Å²) >= 11 is 0. The van der Waals surface area contributed by atoms with Gasteiger partial charge < -0.3 is 4.42 Å². The Morgan fingerprint density at radius 2 is 1.68 bits per heavy atom. The van der Waals surface area contributed by atoms with Gasteiger partial charge in [-0.25, -0.2) is 0 Å². The number of hydrogen-bond donors (Lipinski definition) is 0. The highest BCUT2D eigenvalue weighted by Crippen LogP contribution is 2.25. The molecule has 0 amide bonds. The van der Waals surface area contributed by atoms with Crippen LogP contribution in [-0.4, -0.2) is 0 Å². The van der Waals surface area contributed by atoms with Crippen LogP contribution in [0.5, 0.6) is 0 Å². The van der Waals surface area contributed by atoms with Gasteiger partial charge in [-0.05, 0) is 30.7 Å². The molecular formula is C20H15NO. The van der Waals surface area contributed by atoms with Crippen LogP contribution in [-0.2, 0) is 0 Å². The van der Waals surface area contributed by atoms with Crippen molar-refractivity contribution in [3.63, 3.8) is 0 Å². The van der Waals surface area contributed by atoms with E-state index in [9.17, 15) is 5.26 Å². The van der Waals surface area contributed by atoms with E-state index in [1.165, 1.54) is 5.56 Å². The molecule has 2 aromatic carbocycles. The lowest BCUT2D eigenvalue weighted by Gasteiger charge is -1.98. The summed E-state index contributed by atoms with van der Waals surface area (Å²) in [6.45, 7) is 2.05. The van der Waals surface area contributed by atoms with E-state index in [1.54, 1.807) is 6.08 Å². The highest BCUT2D eigenvalue weighted by Gasteiger charge is 2.05. The minimum Gasteiger partial charge on any atom is -0.457 e. The molecule has 106 valence electrons. The monoisotopic (exact) mass is 285 g/mol. The summed E-state index contributed by atoms with van der Waals surface area (Å²) in [6.07, 6.45) is 1.77. The number of benzene rings is 2. The number of furan rings is 1. The Morgan fingerprint density at radius 3 is 2.36 bits per heavy atom. The maximum atomic E-state index is 9.34.